The number of allylic oxidation sites excluding steroid dienone is 1. The Morgan fingerprint density at radius 2 is 1.90 bits per heavy atom. The van der Waals surface area contributed by atoms with Gasteiger partial charge in [-0.3, -0.25) is 0 Å². The molecular formula is C17H14N4. The Labute approximate surface area is 122 Å². The van der Waals surface area contributed by atoms with Crippen LogP contribution < -0.4 is 0 Å². The van der Waals surface area contributed by atoms with Crippen LogP contribution in [-0.2, 0) is 6.42 Å². The molecule has 1 heterocycles. The molecule has 2 aromatic carbocycles. The second kappa shape index (κ2) is 4.66. The maximum Gasteiger partial charge on any atom is 0.162 e. The Morgan fingerprint density at radius 1 is 1.05 bits per heavy atom. The molecule has 0 N–H and O–H groups in total. The number of benzene rings is 2. The van der Waals surface area contributed by atoms with Crippen LogP contribution in [0.3, 0.4) is 0 Å². The highest BCUT2D eigenvalue weighted by atomic mass is 15.6. The monoisotopic (exact) mass is 274 g/mol. The van der Waals surface area contributed by atoms with Crippen LogP contribution in [0.5, 0.6) is 0 Å². The van der Waals surface area contributed by atoms with Crippen molar-refractivity contribution in [2.45, 2.75) is 13.3 Å². The number of aromatic nitrogens is 4. The van der Waals surface area contributed by atoms with Gasteiger partial charge >= 0.3 is 0 Å². The van der Waals surface area contributed by atoms with Crippen LogP contribution in [-0.4, -0.2) is 20.2 Å². The highest BCUT2D eigenvalue weighted by Gasteiger charge is 2.18. The first-order chi connectivity index (χ1) is 10.3. The minimum absolute atomic E-state index is 0.984. The van der Waals surface area contributed by atoms with Crippen LogP contribution in [0.2, 0.25) is 0 Å². The third kappa shape index (κ3) is 2.05. The van der Waals surface area contributed by atoms with Crippen molar-refractivity contribution in [3.8, 4) is 16.8 Å². The predicted octanol–water partition coefficient (Wildman–Crippen LogP) is 3.29. The minimum Gasteiger partial charge on any atom is -0.135 e. The zero-order valence-corrected chi connectivity index (χ0v) is 11.7. The minimum atomic E-state index is 0.984. The normalized spacial score (nSPS) is 13.1. The summed E-state index contributed by atoms with van der Waals surface area (Å²) in [5, 5.41) is 12.1. The van der Waals surface area contributed by atoms with Gasteiger partial charge in [-0.25, -0.2) is 0 Å². The maximum absolute atomic E-state index is 4.19. The van der Waals surface area contributed by atoms with Crippen molar-refractivity contribution in [2.75, 3.05) is 0 Å². The number of hydrogen-bond acceptors (Lipinski definition) is 3. The molecule has 1 aromatic heterocycles. The Kier molecular flexibility index (Phi) is 2.67. The summed E-state index contributed by atoms with van der Waals surface area (Å²) >= 11 is 0. The highest BCUT2D eigenvalue weighted by Crippen LogP contribution is 2.34. The van der Waals surface area contributed by atoms with E-state index in [0.717, 1.165) is 12.1 Å². The van der Waals surface area contributed by atoms with Crippen LogP contribution >= 0.6 is 0 Å². The van der Waals surface area contributed by atoms with Crippen molar-refractivity contribution in [1.29, 1.82) is 0 Å². The molecule has 0 unspecified atom stereocenters. The predicted molar refractivity (Wildman–Crippen MR) is 81.9 cm³/mol. The van der Waals surface area contributed by atoms with E-state index in [9.17, 15) is 0 Å². The summed E-state index contributed by atoms with van der Waals surface area (Å²) in [6.45, 7) is 2.15. The van der Waals surface area contributed by atoms with Gasteiger partial charge in [0.05, 0.1) is 5.69 Å². The lowest BCUT2D eigenvalue weighted by atomic mass is 9.98. The summed E-state index contributed by atoms with van der Waals surface area (Å²) in [6.07, 6.45) is 4.66. The van der Waals surface area contributed by atoms with E-state index in [1.807, 2.05) is 6.07 Å². The van der Waals surface area contributed by atoms with Gasteiger partial charge in [-0.1, -0.05) is 48.0 Å². The van der Waals surface area contributed by atoms with Gasteiger partial charge in [-0.05, 0) is 41.3 Å². The SMILES string of the molecule is CC1=Cc2c(cc(-c3ccccc3)cc2-n2ncnn2)C1. The van der Waals surface area contributed by atoms with Gasteiger partial charge in [-0.15, -0.1) is 15.0 Å². The van der Waals surface area contributed by atoms with Crippen molar-refractivity contribution < 1.29 is 0 Å². The number of tetrazole rings is 1. The van der Waals surface area contributed by atoms with Crippen molar-refractivity contribution in [3.63, 3.8) is 0 Å². The van der Waals surface area contributed by atoms with Crippen molar-refractivity contribution in [1.82, 2.24) is 20.2 Å². The molecule has 0 fully saturated rings. The van der Waals surface area contributed by atoms with E-state index in [2.05, 4.69) is 64.8 Å². The first-order valence-corrected chi connectivity index (χ1v) is 6.94. The van der Waals surface area contributed by atoms with Crippen LogP contribution in [0.25, 0.3) is 22.9 Å². The fourth-order valence-electron chi connectivity index (χ4n) is 2.85. The zero-order valence-electron chi connectivity index (χ0n) is 11.7. The van der Waals surface area contributed by atoms with E-state index < -0.39 is 0 Å². The van der Waals surface area contributed by atoms with Crippen molar-refractivity contribution in [3.05, 3.63) is 65.5 Å². The van der Waals surface area contributed by atoms with E-state index in [4.69, 9.17) is 0 Å². The van der Waals surface area contributed by atoms with Crippen LogP contribution in [0.1, 0.15) is 18.1 Å². The lowest BCUT2D eigenvalue weighted by molar-refractivity contribution is 0.718. The van der Waals surface area contributed by atoms with Gasteiger partial charge in [0.15, 0.2) is 6.33 Å². The number of hydrogen-bond donors (Lipinski definition) is 0. The average molecular weight is 274 g/mol. The molecule has 1 aliphatic carbocycles. The van der Waals surface area contributed by atoms with E-state index in [-0.39, 0.29) is 0 Å². The molecule has 0 saturated carbocycles. The fourth-order valence-corrected chi connectivity index (χ4v) is 2.85. The van der Waals surface area contributed by atoms with Crippen LogP contribution in [0.4, 0.5) is 0 Å². The molecule has 0 saturated heterocycles. The van der Waals surface area contributed by atoms with E-state index >= 15 is 0 Å². The fraction of sp³-hybridized carbons (Fsp3) is 0.118. The van der Waals surface area contributed by atoms with Gasteiger partial charge in [0.2, 0.25) is 0 Å². The zero-order chi connectivity index (χ0) is 14.2. The second-order valence-corrected chi connectivity index (χ2v) is 5.33. The third-order valence-electron chi connectivity index (χ3n) is 3.78. The molecule has 0 bridgehead atoms. The molecule has 3 aromatic rings. The Bertz CT molecular complexity index is 818. The molecule has 0 radical (unpaired) electrons. The van der Waals surface area contributed by atoms with E-state index in [1.165, 1.54) is 34.2 Å². The molecule has 4 rings (SSSR count). The van der Waals surface area contributed by atoms with Crippen molar-refractivity contribution >= 4 is 6.08 Å². The number of rotatable bonds is 2. The summed E-state index contributed by atoms with van der Waals surface area (Å²) < 4.78 is 0. The Balaban J connectivity index is 1.94. The lowest BCUT2D eigenvalue weighted by Crippen LogP contribution is -2.03. The standard InChI is InChI=1S/C17H14N4/c1-12-7-15-9-14(13-5-3-2-4-6-13)10-17(16(15)8-12)21-19-11-18-20-21/h2-6,8-11H,7H2,1H3. The van der Waals surface area contributed by atoms with Crippen molar-refractivity contribution in [2.24, 2.45) is 0 Å². The quantitative estimate of drug-likeness (QED) is 0.720. The largest absolute Gasteiger partial charge is 0.162 e. The highest BCUT2D eigenvalue weighted by molar-refractivity contribution is 5.77. The summed E-state index contributed by atoms with van der Waals surface area (Å²) in [7, 11) is 0. The molecule has 0 amide bonds. The Hall–Kier alpha value is -2.75. The molecule has 0 atom stereocenters. The molecule has 21 heavy (non-hydrogen) atoms. The van der Waals surface area contributed by atoms with Gasteiger partial charge in [0, 0.05) is 5.56 Å². The van der Waals surface area contributed by atoms with Gasteiger partial charge in [0.1, 0.15) is 0 Å². The molecule has 102 valence electrons. The molecule has 0 aliphatic heterocycles. The molecule has 0 spiro atoms. The van der Waals surface area contributed by atoms with Crippen LogP contribution in [0, 0.1) is 0 Å². The summed E-state index contributed by atoms with van der Waals surface area (Å²) in [5.74, 6) is 0. The van der Waals surface area contributed by atoms with E-state index in [0.29, 0.717) is 0 Å². The Morgan fingerprint density at radius 3 is 2.67 bits per heavy atom. The topological polar surface area (TPSA) is 43.6 Å². The smallest absolute Gasteiger partial charge is 0.135 e. The summed E-state index contributed by atoms with van der Waals surface area (Å²) in [6, 6.07) is 14.8. The van der Waals surface area contributed by atoms with Gasteiger partial charge < -0.3 is 0 Å². The maximum atomic E-state index is 4.19. The molecule has 1 aliphatic rings. The lowest BCUT2D eigenvalue weighted by Gasteiger charge is -2.10. The molecular weight excluding hydrogens is 260 g/mol. The van der Waals surface area contributed by atoms with E-state index in [1.54, 1.807) is 4.80 Å². The molecule has 4 heteroatoms. The average Bonchev–Trinajstić information content (AvgIpc) is 3.15. The first kappa shape index (κ1) is 12.0. The van der Waals surface area contributed by atoms with Gasteiger partial charge in [0.25, 0.3) is 0 Å². The third-order valence-corrected chi connectivity index (χ3v) is 3.78. The second-order valence-electron chi connectivity index (χ2n) is 5.33. The number of nitrogens with zero attached hydrogens (tertiary/aromatic N) is 4. The molecule has 4 nitrogen and oxygen atoms in total. The first-order valence-electron chi connectivity index (χ1n) is 6.94. The van der Waals surface area contributed by atoms with Gasteiger partial charge in [-0.2, -0.15) is 0 Å². The number of fused-ring (bicyclic) bond motifs is 1. The van der Waals surface area contributed by atoms with Crippen LogP contribution in [0.15, 0.2) is 54.4 Å². The summed E-state index contributed by atoms with van der Waals surface area (Å²) in [5.41, 5.74) is 7.25. The summed E-state index contributed by atoms with van der Waals surface area (Å²) in [4.78, 5) is 1.60.